The third kappa shape index (κ3) is 6.59. The fourth-order valence-electron chi connectivity index (χ4n) is 9.67. The van der Waals surface area contributed by atoms with Crippen LogP contribution in [0, 0.1) is 12.4 Å². The van der Waals surface area contributed by atoms with E-state index in [0.29, 0.717) is 73.0 Å². The van der Waals surface area contributed by atoms with Gasteiger partial charge in [-0.2, -0.15) is 9.97 Å². The molecule has 14 heteroatoms. The number of fused-ring (bicyclic) bond motifs is 4. The Bertz CT molecular complexity index is 1990. The van der Waals surface area contributed by atoms with Crippen LogP contribution in [0.25, 0.3) is 27.0 Å². The summed E-state index contributed by atoms with van der Waals surface area (Å²) in [5.74, 6) is -0.0419. The van der Waals surface area contributed by atoms with E-state index in [0.717, 1.165) is 63.8 Å². The number of morpholine rings is 1. The SMILES string of the molecule is [C-]#[N+]C[C@H]1CN(c2nc(OC[C@@]34CCCN3C[C@H](F)C4)nc3c(F)c(-c4cccc(Cl)c4C4CC4)ncc23)CCN1C(=O)/C=C/CN1[C@@H]2CC[C@H]1COC2. The van der Waals surface area contributed by atoms with Gasteiger partial charge < -0.3 is 24.1 Å². The quantitative estimate of drug-likeness (QED) is 0.192. The number of halogens is 3. The fourth-order valence-corrected chi connectivity index (χ4v) is 10.0. The van der Waals surface area contributed by atoms with E-state index >= 15 is 4.39 Å². The molecule has 9 rings (SSSR count). The zero-order valence-electron chi connectivity index (χ0n) is 30.3. The first kappa shape index (κ1) is 35.7. The molecule has 1 saturated carbocycles. The molecule has 5 saturated heterocycles. The van der Waals surface area contributed by atoms with Gasteiger partial charge in [0.05, 0.1) is 24.1 Å². The van der Waals surface area contributed by atoms with Gasteiger partial charge in [0.15, 0.2) is 5.82 Å². The van der Waals surface area contributed by atoms with Gasteiger partial charge in [0.1, 0.15) is 35.8 Å². The van der Waals surface area contributed by atoms with Gasteiger partial charge in [-0.05, 0) is 62.6 Å². The summed E-state index contributed by atoms with van der Waals surface area (Å²) in [7, 11) is 0. The highest BCUT2D eigenvalue weighted by Gasteiger charge is 2.49. The van der Waals surface area contributed by atoms with Gasteiger partial charge in [0.2, 0.25) is 12.5 Å². The number of carbonyl (C=O) groups excluding carboxylic acids is 1. The number of piperazine rings is 1. The third-order valence-electron chi connectivity index (χ3n) is 12.5. The first-order chi connectivity index (χ1) is 26.3. The smallest absolute Gasteiger partial charge is 0.319 e. The average molecular weight is 759 g/mol. The topological polar surface area (TPSA) is 91.5 Å². The maximum Gasteiger partial charge on any atom is 0.319 e. The van der Waals surface area contributed by atoms with E-state index in [2.05, 4.69) is 24.6 Å². The normalized spacial score (nSPS) is 28.6. The van der Waals surface area contributed by atoms with Crippen molar-refractivity contribution in [2.75, 3.05) is 70.5 Å². The molecule has 7 heterocycles. The summed E-state index contributed by atoms with van der Waals surface area (Å²) in [4.78, 5) is 39.8. The van der Waals surface area contributed by atoms with Crippen LogP contribution in [0.15, 0.2) is 36.5 Å². The van der Waals surface area contributed by atoms with Crippen molar-refractivity contribution in [2.24, 2.45) is 0 Å². The van der Waals surface area contributed by atoms with E-state index in [1.807, 2.05) is 23.1 Å². The summed E-state index contributed by atoms with van der Waals surface area (Å²) in [6.45, 7) is 12.4. The number of nitrogens with zero attached hydrogens (tertiary/aromatic N) is 8. The number of alkyl halides is 1. The Hall–Kier alpha value is -3.96. The van der Waals surface area contributed by atoms with Gasteiger partial charge in [-0.3, -0.25) is 19.6 Å². The largest absolute Gasteiger partial charge is 0.461 e. The van der Waals surface area contributed by atoms with Gasteiger partial charge in [0.25, 0.3) is 0 Å². The minimum absolute atomic E-state index is 0.00541. The molecule has 6 fully saturated rings. The highest BCUT2D eigenvalue weighted by atomic mass is 35.5. The lowest BCUT2D eigenvalue weighted by Gasteiger charge is -2.39. The Morgan fingerprint density at radius 2 is 1.96 bits per heavy atom. The Morgan fingerprint density at radius 1 is 1.13 bits per heavy atom. The minimum atomic E-state index is -0.922. The molecule has 2 bridgehead atoms. The predicted octanol–water partition coefficient (Wildman–Crippen LogP) is 5.67. The summed E-state index contributed by atoms with van der Waals surface area (Å²) >= 11 is 6.65. The number of anilines is 1. The fraction of sp³-hybridized carbons (Fsp3) is 0.575. The van der Waals surface area contributed by atoms with Crippen molar-refractivity contribution in [1.29, 1.82) is 0 Å². The second kappa shape index (κ2) is 14.6. The van der Waals surface area contributed by atoms with Crippen LogP contribution in [-0.4, -0.2) is 131 Å². The Labute approximate surface area is 319 Å². The molecular weight excluding hydrogens is 714 g/mol. The molecule has 2 aromatic heterocycles. The van der Waals surface area contributed by atoms with Gasteiger partial charge >= 0.3 is 6.01 Å². The van der Waals surface area contributed by atoms with E-state index in [4.69, 9.17) is 32.6 Å². The molecule has 5 atom stereocenters. The van der Waals surface area contributed by atoms with Crippen molar-refractivity contribution in [3.05, 3.63) is 64.4 Å². The van der Waals surface area contributed by atoms with Crippen LogP contribution >= 0.6 is 11.6 Å². The van der Waals surface area contributed by atoms with Gasteiger partial charge in [-0.1, -0.05) is 29.8 Å². The first-order valence-electron chi connectivity index (χ1n) is 19.4. The minimum Gasteiger partial charge on any atom is -0.461 e. The summed E-state index contributed by atoms with van der Waals surface area (Å²) in [5, 5.41) is 0.999. The lowest BCUT2D eigenvalue weighted by atomic mass is 9.95. The average Bonchev–Trinajstić information content (AvgIpc) is 3.81. The number of benzene rings is 1. The molecule has 0 unspecified atom stereocenters. The Balaban J connectivity index is 1.02. The molecule has 54 heavy (non-hydrogen) atoms. The molecule has 1 aromatic carbocycles. The summed E-state index contributed by atoms with van der Waals surface area (Å²) < 4.78 is 43.6. The van der Waals surface area contributed by atoms with Gasteiger partial charge in [0, 0.05) is 74.1 Å². The maximum absolute atomic E-state index is 16.9. The molecule has 284 valence electrons. The summed E-state index contributed by atoms with van der Waals surface area (Å²) in [5.41, 5.74) is 1.33. The number of aromatic nitrogens is 3. The van der Waals surface area contributed by atoms with E-state index in [1.165, 1.54) is 0 Å². The first-order valence-corrected chi connectivity index (χ1v) is 19.8. The van der Waals surface area contributed by atoms with Crippen LogP contribution in [0.5, 0.6) is 6.01 Å². The molecule has 1 amide bonds. The molecule has 0 radical (unpaired) electrons. The molecular formula is C40H45ClF2N8O3. The van der Waals surface area contributed by atoms with Crippen molar-refractivity contribution in [1.82, 2.24) is 29.7 Å². The standard InChI is InChI=1S/C40H45ClF2N8O3/c1-44-18-29-21-48(15-16-51(29)33(52)7-3-14-50-27-10-11-28(50)23-53-22-27)38-31-19-45-36(30-5-2-6-32(41)34(30)25-8-9-25)35(43)37(31)46-39(47-38)54-24-40-12-4-13-49(40)20-26(42)17-40/h2-3,5-7,19,25-29H,4,8-18,20-24H2/b7-3+/t26-,27-,28+,29+,40+/m1/s1. The zero-order chi connectivity index (χ0) is 37.0. The molecule has 0 spiro atoms. The highest BCUT2D eigenvalue weighted by Crippen LogP contribution is 2.48. The van der Waals surface area contributed by atoms with Crippen molar-refractivity contribution in [2.45, 2.75) is 80.7 Å². The monoisotopic (exact) mass is 758 g/mol. The molecule has 5 aliphatic heterocycles. The molecule has 3 aromatic rings. The van der Waals surface area contributed by atoms with Gasteiger partial charge in [-0.25, -0.2) is 15.4 Å². The van der Waals surface area contributed by atoms with Crippen molar-refractivity contribution < 1.29 is 23.0 Å². The van der Waals surface area contributed by atoms with Gasteiger partial charge in [-0.15, -0.1) is 0 Å². The predicted molar refractivity (Wildman–Crippen MR) is 201 cm³/mol. The van der Waals surface area contributed by atoms with Crippen molar-refractivity contribution in [3.63, 3.8) is 0 Å². The molecule has 0 N–H and O–H groups in total. The molecule has 1 aliphatic carbocycles. The van der Waals surface area contributed by atoms with E-state index in [9.17, 15) is 9.18 Å². The zero-order valence-corrected chi connectivity index (χ0v) is 31.1. The van der Waals surface area contributed by atoms with Crippen molar-refractivity contribution >= 4 is 34.2 Å². The Morgan fingerprint density at radius 3 is 2.76 bits per heavy atom. The van der Waals surface area contributed by atoms with E-state index < -0.39 is 23.6 Å². The van der Waals surface area contributed by atoms with Crippen LogP contribution in [-0.2, 0) is 9.53 Å². The summed E-state index contributed by atoms with van der Waals surface area (Å²) in [6.07, 6.45) is 10.6. The highest BCUT2D eigenvalue weighted by molar-refractivity contribution is 6.32. The lowest BCUT2D eigenvalue weighted by Crippen LogP contribution is -2.56. The van der Waals surface area contributed by atoms with Crippen LogP contribution in [0.2, 0.25) is 5.02 Å². The van der Waals surface area contributed by atoms with Crippen LogP contribution in [0.1, 0.15) is 56.4 Å². The van der Waals surface area contributed by atoms with E-state index in [1.54, 1.807) is 23.2 Å². The van der Waals surface area contributed by atoms with Crippen LogP contribution in [0.4, 0.5) is 14.6 Å². The van der Waals surface area contributed by atoms with E-state index in [-0.39, 0.29) is 42.2 Å². The second-order valence-corrected chi connectivity index (χ2v) is 16.3. The number of carbonyl (C=O) groups is 1. The number of rotatable bonds is 10. The number of ether oxygens (including phenoxy) is 2. The number of hydrogen-bond acceptors (Lipinski definition) is 9. The lowest BCUT2D eigenvalue weighted by molar-refractivity contribution is -0.128. The maximum atomic E-state index is 16.9. The van der Waals surface area contributed by atoms with Crippen molar-refractivity contribution in [3.8, 4) is 17.3 Å². The van der Waals surface area contributed by atoms with Crippen LogP contribution in [0.3, 0.4) is 0 Å². The molecule has 6 aliphatic rings. The number of hydrogen-bond donors (Lipinski definition) is 0. The number of pyridine rings is 1. The van der Waals surface area contributed by atoms with Crippen LogP contribution < -0.4 is 9.64 Å². The third-order valence-corrected chi connectivity index (χ3v) is 12.8. The molecule has 11 nitrogen and oxygen atoms in total. The second-order valence-electron chi connectivity index (χ2n) is 15.8. The number of amides is 1. The summed E-state index contributed by atoms with van der Waals surface area (Å²) in [6, 6.07) is 5.87. The Kier molecular flexibility index (Phi) is 9.66.